The minimum atomic E-state index is -0.347. The molecule has 23 heavy (non-hydrogen) atoms. The molecule has 0 aliphatic heterocycles. The van der Waals surface area contributed by atoms with Crippen molar-refractivity contribution in [2.45, 2.75) is 96.1 Å². The molecule has 0 bridgehead atoms. The van der Waals surface area contributed by atoms with Crippen LogP contribution in [0.2, 0.25) is 0 Å². The molecule has 2 rings (SSSR count). The first-order valence-corrected chi connectivity index (χ1v) is 9.59. The van der Waals surface area contributed by atoms with Crippen molar-refractivity contribution in [2.75, 3.05) is 6.54 Å². The summed E-state index contributed by atoms with van der Waals surface area (Å²) in [5.41, 5.74) is 0. The van der Waals surface area contributed by atoms with E-state index in [9.17, 15) is 9.59 Å². The van der Waals surface area contributed by atoms with Gasteiger partial charge in [-0.25, -0.2) is 9.59 Å². The smallest absolute Gasteiger partial charge is 0.325 e. The summed E-state index contributed by atoms with van der Waals surface area (Å²) < 4.78 is 0. The molecule has 0 saturated heterocycles. The molecular formula is C18H33N3O2. The first-order chi connectivity index (χ1) is 11.2. The quantitative estimate of drug-likeness (QED) is 0.746. The third-order valence-electron chi connectivity index (χ3n) is 5.21. The van der Waals surface area contributed by atoms with E-state index in [0.717, 1.165) is 38.5 Å². The summed E-state index contributed by atoms with van der Waals surface area (Å²) in [4.78, 5) is 26.7. The number of nitrogens with zero attached hydrogens (tertiary/aromatic N) is 1. The Morgan fingerprint density at radius 2 is 1.43 bits per heavy atom. The van der Waals surface area contributed by atoms with Gasteiger partial charge in [-0.15, -0.1) is 0 Å². The lowest BCUT2D eigenvalue weighted by Crippen LogP contribution is -2.55. The molecule has 2 N–H and O–H groups in total. The van der Waals surface area contributed by atoms with Gasteiger partial charge >= 0.3 is 12.1 Å². The second kappa shape index (κ2) is 9.78. The zero-order valence-electron chi connectivity index (χ0n) is 14.6. The van der Waals surface area contributed by atoms with E-state index < -0.39 is 0 Å². The van der Waals surface area contributed by atoms with E-state index in [1.54, 1.807) is 0 Å². The zero-order valence-corrected chi connectivity index (χ0v) is 14.6. The van der Waals surface area contributed by atoms with Crippen molar-refractivity contribution in [2.24, 2.45) is 0 Å². The van der Waals surface area contributed by atoms with Gasteiger partial charge in [0.25, 0.3) is 0 Å². The molecule has 2 fully saturated rings. The Kier molecular flexibility index (Phi) is 7.69. The number of hydrogen-bond acceptors (Lipinski definition) is 2. The molecule has 5 nitrogen and oxygen atoms in total. The average molecular weight is 323 g/mol. The van der Waals surface area contributed by atoms with E-state index in [1.165, 1.54) is 38.5 Å². The third kappa shape index (κ3) is 5.70. The predicted octanol–water partition coefficient (Wildman–Crippen LogP) is 4.17. The molecule has 0 unspecified atom stereocenters. The molecule has 0 heterocycles. The van der Waals surface area contributed by atoms with Crippen LogP contribution in [0.4, 0.5) is 9.59 Å². The molecule has 132 valence electrons. The van der Waals surface area contributed by atoms with Crippen LogP contribution < -0.4 is 10.6 Å². The summed E-state index contributed by atoms with van der Waals surface area (Å²) in [6.45, 7) is 2.71. The fourth-order valence-electron chi connectivity index (χ4n) is 3.93. The summed E-state index contributed by atoms with van der Waals surface area (Å²) in [6, 6.07) is 0.100. The van der Waals surface area contributed by atoms with Gasteiger partial charge < -0.3 is 10.2 Å². The molecule has 0 atom stereocenters. The Morgan fingerprint density at radius 3 is 1.91 bits per heavy atom. The molecule has 0 spiro atoms. The lowest BCUT2D eigenvalue weighted by molar-refractivity contribution is 0.106. The van der Waals surface area contributed by atoms with Gasteiger partial charge in [-0.2, -0.15) is 0 Å². The van der Waals surface area contributed by atoms with Crippen LogP contribution in [-0.4, -0.2) is 35.6 Å². The number of amides is 4. The number of urea groups is 2. The van der Waals surface area contributed by atoms with Crippen molar-refractivity contribution < 1.29 is 9.59 Å². The fourth-order valence-corrected chi connectivity index (χ4v) is 3.93. The van der Waals surface area contributed by atoms with E-state index in [1.807, 2.05) is 4.90 Å². The molecule has 0 aromatic heterocycles. The first kappa shape index (κ1) is 18.1. The number of rotatable bonds is 5. The minimum Gasteiger partial charge on any atom is -0.338 e. The number of carbonyl (C=O) groups is 2. The molecule has 0 radical (unpaired) electrons. The second-order valence-corrected chi connectivity index (χ2v) is 7.03. The summed E-state index contributed by atoms with van der Waals surface area (Å²) >= 11 is 0. The molecule has 2 aliphatic carbocycles. The van der Waals surface area contributed by atoms with Crippen LogP contribution in [0.3, 0.4) is 0 Å². The van der Waals surface area contributed by atoms with Gasteiger partial charge in [0, 0.05) is 18.6 Å². The van der Waals surface area contributed by atoms with E-state index in [4.69, 9.17) is 0 Å². The van der Waals surface area contributed by atoms with Gasteiger partial charge in [-0.3, -0.25) is 5.32 Å². The number of unbranched alkanes of at least 4 members (excludes halogenated alkanes) is 1. The summed E-state index contributed by atoms with van der Waals surface area (Å²) in [5, 5.41) is 5.35. The van der Waals surface area contributed by atoms with Crippen LogP contribution in [0, 0.1) is 0 Å². The van der Waals surface area contributed by atoms with Gasteiger partial charge in [-0.1, -0.05) is 51.9 Å². The third-order valence-corrected chi connectivity index (χ3v) is 5.21. The summed E-state index contributed by atoms with van der Waals surface area (Å²) in [5.74, 6) is 0. The Labute approximate surface area is 140 Å². The van der Waals surface area contributed by atoms with Crippen molar-refractivity contribution in [3.63, 3.8) is 0 Å². The number of imide groups is 1. The first-order valence-electron chi connectivity index (χ1n) is 9.59. The number of nitrogens with one attached hydrogen (secondary N) is 2. The lowest BCUT2D eigenvalue weighted by Gasteiger charge is -2.41. The van der Waals surface area contributed by atoms with E-state index in [0.29, 0.717) is 18.6 Å². The van der Waals surface area contributed by atoms with Crippen molar-refractivity contribution >= 4 is 12.1 Å². The highest BCUT2D eigenvalue weighted by molar-refractivity contribution is 5.93. The van der Waals surface area contributed by atoms with Crippen molar-refractivity contribution in [3.05, 3.63) is 0 Å². The maximum atomic E-state index is 12.7. The van der Waals surface area contributed by atoms with Crippen LogP contribution in [0.1, 0.15) is 84.0 Å². The molecule has 2 saturated carbocycles. The molecule has 2 aliphatic rings. The highest BCUT2D eigenvalue weighted by Crippen LogP contribution is 2.30. The van der Waals surface area contributed by atoms with Crippen molar-refractivity contribution in [1.29, 1.82) is 0 Å². The molecule has 0 aromatic carbocycles. The highest BCUT2D eigenvalue weighted by atomic mass is 16.2. The Morgan fingerprint density at radius 1 is 0.913 bits per heavy atom. The maximum Gasteiger partial charge on any atom is 0.325 e. The van der Waals surface area contributed by atoms with E-state index in [2.05, 4.69) is 17.6 Å². The summed E-state index contributed by atoms with van der Waals surface area (Å²) in [7, 11) is 0. The fraction of sp³-hybridized carbons (Fsp3) is 0.889. The standard InChI is InChI=1S/C18H33N3O2/c1-2-3-14-19-17(22)20-18(23)21(15-10-6-4-7-11-15)16-12-8-5-9-13-16/h15-16H,2-14H2,1H3,(H2,19,20,22,23). The van der Waals surface area contributed by atoms with Crippen LogP contribution in [0.15, 0.2) is 0 Å². The van der Waals surface area contributed by atoms with Crippen LogP contribution in [0.25, 0.3) is 0 Å². The average Bonchev–Trinajstić information content (AvgIpc) is 2.57. The molecule has 4 amide bonds. The second-order valence-electron chi connectivity index (χ2n) is 7.03. The van der Waals surface area contributed by atoms with Crippen molar-refractivity contribution in [3.8, 4) is 0 Å². The largest absolute Gasteiger partial charge is 0.338 e. The summed E-state index contributed by atoms with van der Waals surface area (Å²) in [6.07, 6.45) is 13.6. The number of hydrogen-bond donors (Lipinski definition) is 2. The van der Waals surface area contributed by atoms with E-state index in [-0.39, 0.29) is 12.1 Å². The topological polar surface area (TPSA) is 61.4 Å². The molecule has 0 aromatic rings. The highest BCUT2D eigenvalue weighted by Gasteiger charge is 2.33. The van der Waals surface area contributed by atoms with E-state index >= 15 is 0 Å². The molecule has 5 heteroatoms. The number of carbonyl (C=O) groups excluding carboxylic acids is 2. The van der Waals surface area contributed by atoms with Crippen LogP contribution in [0.5, 0.6) is 0 Å². The van der Waals surface area contributed by atoms with Crippen molar-refractivity contribution in [1.82, 2.24) is 15.5 Å². The Bertz CT molecular complexity index is 356. The Balaban J connectivity index is 1.94. The normalized spacial score (nSPS) is 20.0. The maximum absolute atomic E-state index is 12.7. The predicted molar refractivity (Wildman–Crippen MR) is 92.4 cm³/mol. The monoisotopic (exact) mass is 323 g/mol. The SMILES string of the molecule is CCCCNC(=O)NC(=O)N(C1CCCCC1)C1CCCCC1. The lowest BCUT2D eigenvalue weighted by atomic mass is 9.89. The minimum absolute atomic E-state index is 0.183. The zero-order chi connectivity index (χ0) is 16.5. The Hall–Kier alpha value is -1.26. The van der Waals surface area contributed by atoms with Gasteiger partial charge in [0.05, 0.1) is 0 Å². The van der Waals surface area contributed by atoms with Gasteiger partial charge in [0.2, 0.25) is 0 Å². The van der Waals surface area contributed by atoms with Gasteiger partial charge in [-0.05, 0) is 32.1 Å². The molecular weight excluding hydrogens is 290 g/mol. The van der Waals surface area contributed by atoms with Gasteiger partial charge in [0.15, 0.2) is 0 Å². The van der Waals surface area contributed by atoms with Crippen LogP contribution in [-0.2, 0) is 0 Å². The van der Waals surface area contributed by atoms with Crippen LogP contribution >= 0.6 is 0 Å². The van der Waals surface area contributed by atoms with Gasteiger partial charge in [0.1, 0.15) is 0 Å².